The predicted molar refractivity (Wildman–Crippen MR) is 140 cm³/mol. The molecule has 3 aromatic heterocycles. The van der Waals surface area contributed by atoms with Crippen molar-refractivity contribution in [2.24, 2.45) is 13.0 Å². The number of nitrogens with one attached hydrogen (secondary N) is 3. The largest absolute Gasteiger partial charge is 0.354 e. The number of imidazole rings is 1. The zero-order chi connectivity index (χ0) is 26.1. The second-order valence-corrected chi connectivity index (χ2v) is 8.96. The second kappa shape index (κ2) is 9.80. The van der Waals surface area contributed by atoms with Crippen molar-refractivity contribution >= 4 is 34.9 Å². The molecule has 0 spiro atoms. The van der Waals surface area contributed by atoms with E-state index in [0.717, 1.165) is 5.69 Å². The van der Waals surface area contributed by atoms with Gasteiger partial charge in [-0.2, -0.15) is 0 Å². The van der Waals surface area contributed by atoms with Gasteiger partial charge in [0, 0.05) is 26.7 Å². The van der Waals surface area contributed by atoms with Crippen LogP contribution >= 0.6 is 0 Å². The first kappa shape index (κ1) is 24.1. The highest BCUT2D eigenvalue weighted by atomic mass is 16.2. The quantitative estimate of drug-likeness (QED) is 0.370. The summed E-state index contributed by atoms with van der Waals surface area (Å²) in [5.74, 6) is 0.617. The van der Waals surface area contributed by atoms with Crippen LogP contribution in [0.15, 0.2) is 53.5 Å². The van der Waals surface area contributed by atoms with Gasteiger partial charge in [-0.15, -0.1) is 5.10 Å². The molecule has 3 N–H and O–H groups in total. The molecule has 0 bridgehead atoms. The zero-order valence-corrected chi connectivity index (χ0v) is 20.9. The van der Waals surface area contributed by atoms with Gasteiger partial charge in [0.15, 0.2) is 11.5 Å². The molecule has 3 amide bonds. The third kappa shape index (κ3) is 4.65. The SMILES string of the molecule is CCNC(=O)Nc1cn2nc(N3CCC(C(=O)Nc4c(C)n(C)n(-c5ccccc5)c4=O)C3)ccc2n1. The summed E-state index contributed by atoms with van der Waals surface area (Å²) in [6.07, 6.45) is 2.28. The topological polar surface area (TPSA) is 131 Å². The molecule has 4 heterocycles. The van der Waals surface area contributed by atoms with Crippen LogP contribution in [0, 0.1) is 12.8 Å². The minimum absolute atomic E-state index is 0.189. The average Bonchev–Trinajstić information content (AvgIpc) is 3.58. The van der Waals surface area contributed by atoms with E-state index in [-0.39, 0.29) is 23.4 Å². The predicted octanol–water partition coefficient (Wildman–Crippen LogP) is 2.13. The van der Waals surface area contributed by atoms with Crippen molar-refractivity contribution in [3.8, 4) is 5.69 Å². The highest BCUT2D eigenvalue weighted by molar-refractivity contribution is 5.93. The monoisotopic (exact) mass is 503 g/mol. The third-order valence-electron chi connectivity index (χ3n) is 6.57. The fraction of sp³-hybridized carbons (Fsp3) is 0.320. The van der Waals surface area contributed by atoms with Crippen LogP contribution in [-0.4, -0.2) is 55.5 Å². The molecular weight excluding hydrogens is 474 g/mol. The van der Waals surface area contributed by atoms with Crippen LogP contribution in [0.25, 0.3) is 11.3 Å². The van der Waals surface area contributed by atoms with Gasteiger partial charge in [0.2, 0.25) is 5.91 Å². The van der Waals surface area contributed by atoms with Gasteiger partial charge in [-0.25, -0.2) is 19.0 Å². The maximum atomic E-state index is 13.1. The van der Waals surface area contributed by atoms with Crippen molar-refractivity contribution in [3.05, 3.63) is 64.7 Å². The molecule has 1 aliphatic heterocycles. The van der Waals surface area contributed by atoms with Crippen LogP contribution in [0.5, 0.6) is 0 Å². The summed E-state index contributed by atoms with van der Waals surface area (Å²) < 4.78 is 4.89. The van der Waals surface area contributed by atoms with Gasteiger partial charge in [0.25, 0.3) is 5.56 Å². The minimum atomic E-state index is -0.330. The Morgan fingerprint density at radius 1 is 1.11 bits per heavy atom. The van der Waals surface area contributed by atoms with E-state index in [0.29, 0.717) is 54.7 Å². The van der Waals surface area contributed by atoms with E-state index in [1.54, 1.807) is 27.1 Å². The normalized spacial score (nSPS) is 15.2. The van der Waals surface area contributed by atoms with Gasteiger partial charge < -0.3 is 15.5 Å². The van der Waals surface area contributed by atoms with Gasteiger partial charge >= 0.3 is 6.03 Å². The fourth-order valence-electron chi connectivity index (χ4n) is 4.54. The Labute approximate surface area is 212 Å². The van der Waals surface area contributed by atoms with Crippen LogP contribution in [-0.2, 0) is 11.8 Å². The fourth-order valence-corrected chi connectivity index (χ4v) is 4.54. The molecule has 0 radical (unpaired) electrons. The molecule has 1 aliphatic rings. The highest BCUT2D eigenvalue weighted by Gasteiger charge is 2.31. The lowest BCUT2D eigenvalue weighted by atomic mass is 10.1. The highest BCUT2D eigenvalue weighted by Crippen LogP contribution is 2.24. The molecule has 1 aromatic carbocycles. The molecule has 1 atom stereocenters. The number of benzene rings is 1. The summed E-state index contributed by atoms with van der Waals surface area (Å²) >= 11 is 0. The van der Waals surface area contributed by atoms with Crippen LogP contribution in [0.4, 0.5) is 22.1 Å². The Bertz CT molecular complexity index is 1520. The first-order chi connectivity index (χ1) is 17.9. The lowest BCUT2D eigenvalue weighted by Crippen LogP contribution is -2.29. The number of amides is 3. The minimum Gasteiger partial charge on any atom is -0.354 e. The molecule has 0 saturated carbocycles. The summed E-state index contributed by atoms with van der Waals surface area (Å²) in [7, 11) is 1.80. The Kier molecular flexibility index (Phi) is 6.38. The molecule has 192 valence electrons. The van der Waals surface area contributed by atoms with Crippen molar-refractivity contribution in [3.63, 3.8) is 0 Å². The Morgan fingerprint density at radius 2 is 1.89 bits per heavy atom. The van der Waals surface area contributed by atoms with Crippen LogP contribution in [0.1, 0.15) is 19.0 Å². The molecule has 1 saturated heterocycles. The molecule has 0 aliphatic carbocycles. The van der Waals surface area contributed by atoms with E-state index in [9.17, 15) is 14.4 Å². The maximum absolute atomic E-state index is 13.1. The Morgan fingerprint density at radius 3 is 2.65 bits per heavy atom. The summed E-state index contributed by atoms with van der Waals surface area (Å²) in [4.78, 5) is 44.4. The van der Waals surface area contributed by atoms with Gasteiger partial charge in [0.05, 0.1) is 23.5 Å². The molecule has 12 heteroatoms. The number of hydrogen-bond donors (Lipinski definition) is 3. The van der Waals surface area contributed by atoms with E-state index in [1.807, 2.05) is 61.2 Å². The van der Waals surface area contributed by atoms with Crippen LogP contribution < -0.4 is 26.4 Å². The van der Waals surface area contributed by atoms with Crippen LogP contribution in [0.3, 0.4) is 0 Å². The first-order valence-electron chi connectivity index (χ1n) is 12.2. The summed E-state index contributed by atoms with van der Waals surface area (Å²) in [6, 6.07) is 12.7. The van der Waals surface area contributed by atoms with E-state index in [1.165, 1.54) is 0 Å². The number of aromatic nitrogens is 5. The number of hydrogen-bond acceptors (Lipinski definition) is 6. The number of nitrogens with zero attached hydrogens (tertiary/aromatic N) is 6. The summed E-state index contributed by atoms with van der Waals surface area (Å²) in [5.41, 5.74) is 2.04. The first-order valence-corrected chi connectivity index (χ1v) is 12.2. The third-order valence-corrected chi connectivity index (χ3v) is 6.57. The van der Waals surface area contributed by atoms with Crippen LogP contribution in [0.2, 0.25) is 0 Å². The molecule has 1 unspecified atom stereocenters. The van der Waals surface area contributed by atoms with Crippen molar-refractivity contribution in [1.29, 1.82) is 0 Å². The lowest BCUT2D eigenvalue weighted by Gasteiger charge is -2.17. The number of para-hydroxylation sites is 1. The molecule has 37 heavy (non-hydrogen) atoms. The average molecular weight is 504 g/mol. The van der Waals surface area contributed by atoms with Gasteiger partial charge in [-0.3, -0.25) is 19.6 Å². The number of fused-ring (bicyclic) bond motifs is 1. The molecule has 1 fully saturated rings. The van der Waals surface area contributed by atoms with E-state index < -0.39 is 0 Å². The van der Waals surface area contributed by atoms with Crippen molar-refractivity contribution in [1.82, 2.24) is 29.3 Å². The van der Waals surface area contributed by atoms with Gasteiger partial charge in [0.1, 0.15) is 11.5 Å². The molecular formula is C25H29N9O3. The zero-order valence-electron chi connectivity index (χ0n) is 20.9. The van der Waals surface area contributed by atoms with Gasteiger partial charge in [-0.05, 0) is 44.5 Å². The number of urea groups is 1. The Hall–Kier alpha value is -4.61. The lowest BCUT2D eigenvalue weighted by molar-refractivity contribution is -0.119. The second-order valence-electron chi connectivity index (χ2n) is 8.96. The summed E-state index contributed by atoms with van der Waals surface area (Å²) in [5, 5.41) is 12.8. The standard InChI is InChI=1S/C25H29N9O3/c1-4-26-25(37)28-19-15-33-20(27-19)10-11-21(30-33)32-13-12-17(14-32)23(35)29-22-16(2)31(3)34(24(22)36)18-8-6-5-7-9-18/h5-11,15,17H,4,12-14H2,1-3H3,(H,29,35)(H2,26,28,37). The Balaban J connectivity index is 1.29. The molecule has 12 nitrogen and oxygen atoms in total. The molecule has 4 aromatic rings. The van der Waals surface area contributed by atoms with E-state index in [2.05, 4.69) is 26.0 Å². The van der Waals surface area contributed by atoms with Crippen molar-refractivity contribution in [2.75, 3.05) is 35.2 Å². The van der Waals surface area contributed by atoms with Gasteiger partial charge in [-0.1, -0.05) is 18.2 Å². The number of anilines is 3. The number of carbonyl (C=O) groups excluding carboxylic acids is 2. The maximum Gasteiger partial charge on any atom is 0.320 e. The summed E-state index contributed by atoms with van der Waals surface area (Å²) in [6.45, 7) is 5.29. The number of rotatable bonds is 6. The van der Waals surface area contributed by atoms with E-state index >= 15 is 0 Å². The van der Waals surface area contributed by atoms with E-state index in [4.69, 9.17) is 0 Å². The van der Waals surface area contributed by atoms with Crippen molar-refractivity contribution < 1.29 is 9.59 Å². The number of carbonyl (C=O) groups is 2. The molecule has 5 rings (SSSR count). The van der Waals surface area contributed by atoms with Crippen molar-refractivity contribution in [2.45, 2.75) is 20.3 Å². The smallest absolute Gasteiger partial charge is 0.320 e.